The van der Waals surface area contributed by atoms with Crippen molar-refractivity contribution in [2.45, 2.75) is 0 Å². The fraction of sp³-hybridized carbons (Fsp3) is 0.375. The summed E-state index contributed by atoms with van der Waals surface area (Å²) in [7, 11) is -1.10. The molecular weight excluding hydrogens is 203 g/mol. The first-order valence-electron chi connectivity index (χ1n) is 3.96. The molecule has 0 aliphatic heterocycles. The topological polar surface area (TPSA) is 74.4 Å². The predicted molar refractivity (Wildman–Crippen MR) is 55.3 cm³/mol. The highest BCUT2D eigenvalue weighted by Crippen LogP contribution is 2.39. The lowest BCUT2D eigenvalue weighted by atomic mass is 10.4. The summed E-state index contributed by atoms with van der Waals surface area (Å²) in [6.45, 7) is 3.02. The van der Waals surface area contributed by atoms with Crippen molar-refractivity contribution < 1.29 is 13.8 Å². The van der Waals surface area contributed by atoms with E-state index in [4.69, 9.17) is 15.0 Å². The lowest BCUT2D eigenvalue weighted by Crippen LogP contribution is -1.96. The number of hydrogen-bond donors (Lipinski definition) is 1. The third kappa shape index (κ3) is 2.92. The molecule has 0 aliphatic rings. The van der Waals surface area contributed by atoms with Crippen LogP contribution in [0, 0.1) is 0 Å². The normalized spacial score (nSPS) is 11.1. The predicted octanol–water partition coefficient (Wildman–Crippen LogP) is 1.59. The monoisotopic (exact) mass is 216 g/mol. The van der Waals surface area contributed by atoms with Gasteiger partial charge in [0.25, 0.3) is 0 Å². The zero-order valence-electron chi connectivity index (χ0n) is 8.35. The molecule has 0 atom stereocenters. The molecule has 14 heavy (non-hydrogen) atoms. The van der Waals surface area contributed by atoms with Crippen molar-refractivity contribution in [3.63, 3.8) is 0 Å². The first-order valence-corrected chi connectivity index (χ1v) is 6.48. The van der Waals surface area contributed by atoms with Gasteiger partial charge >= 0.3 is 0 Å². The molecule has 0 saturated heterocycles. The van der Waals surface area contributed by atoms with Crippen LogP contribution < -0.4 is 15.0 Å². The highest BCUT2D eigenvalue weighted by atomic mass is 31.2. The van der Waals surface area contributed by atoms with Gasteiger partial charge in [-0.05, 0) is 0 Å². The summed E-state index contributed by atoms with van der Waals surface area (Å²) < 4.78 is 21.4. The van der Waals surface area contributed by atoms with Gasteiger partial charge in [0.1, 0.15) is 5.75 Å². The third-order valence-corrected chi connectivity index (χ3v) is 2.03. The minimum atomic E-state index is -2.59. The standard InChI is InChI=1S/C8H13N2O3P/c1-12-7-4-8(10-5-6(7)9)13-14(2,3)11/h4-5H,9H2,1-3H3. The highest BCUT2D eigenvalue weighted by molar-refractivity contribution is 7.57. The Labute approximate surface area is 82.7 Å². The smallest absolute Gasteiger partial charge is 0.243 e. The van der Waals surface area contributed by atoms with Crippen molar-refractivity contribution in [1.82, 2.24) is 4.98 Å². The minimum Gasteiger partial charge on any atom is -0.494 e. The average Bonchev–Trinajstić information content (AvgIpc) is 2.06. The lowest BCUT2D eigenvalue weighted by Gasteiger charge is -2.10. The van der Waals surface area contributed by atoms with Crippen molar-refractivity contribution in [3.8, 4) is 11.6 Å². The lowest BCUT2D eigenvalue weighted by molar-refractivity contribution is 0.412. The van der Waals surface area contributed by atoms with E-state index in [1.54, 1.807) is 0 Å². The van der Waals surface area contributed by atoms with Gasteiger partial charge in [0.15, 0.2) is 0 Å². The summed E-state index contributed by atoms with van der Waals surface area (Å²) in [5.74, 6) is 0.716. The van der Waals surface area contributed by atoms with Crippen LogP contribution in [0.25, 0.3) is 0 Å². The number of pyridine rings is 1. The number of aromatic nitrogens is 1. The van der Waals surface area contributed by atoms with E-state index in [1.165, 1.54) is 32.7 Å². The number of hydrogen-bond acceptors (Lipinski definition) is 5. The fourth-order valence-corrected chi connectivity index (χ4v) is 1.43. The number of methoxy groups -OCH3 is 1. The van der Waals surface area contributed by atoms with Crippen LogP contribution >= 0.6 is 7.37 Å². The van der Waals surface area contributed by atoms with E-state index in [2.05, 4.69) is 4.98 Å². The summed E-state index contributed by atoms with van der Waals surface area (Å²) in [6.07, 6.45) is 1.41. The van der Waals surface area contributed by atoms with Gasteiger partial charge in [-0.2, -0.15) is 0 Å². The van der Waals surface area contributed by atoms with E-state index in [9.17, 15) is 4.57 Å². The minimum absolute atomic E-state index is 0.254. The Hall–Kier alpha value is -1.22. The van der Waals surface area contributed by atoms with Gasteiger partial charge in [-0.3, -0.25) is 4.57 Å². The molecule has 0 aliphatic carbocycles. The van der Waals surface area contributed by atoms with Crippen molar-refractivity contribution in [2.24, 2.45) is 0 Å². The van der Waals surface area contributed by atoms with E-state index >= 15 is 0 Å². The summed E-state index contributed by atoms with van der Waals surface area (Å²) in [5, 5.41) is 0. The molecule has 0 amide bonds. The molecule has 0 spiro atoms. The number of ether oxygens (including phenoxy) is 1. The molecule has 6 heteroatoms. The van der Waals surface area contributed by atoms with Gasteiger partial charge in [0.2, 0.25) is 13.2 Å². The summed E-state index contributed by atoms with van der Waals surface area (Å²) in [5.41, 5.74) is 5.97. The van der Waals surface area contributed by atoms with Crippen molar-refractivity contribution >= 4 is 13.1 Å². The molecule has 1 aromatic rings. The van der Waals surface area contributed by atoms with Crippen molar-refractivity contribution in [1.29, 1.82) is 0 Å². The molecule has 0 fully saturated rings. The van der Waals surface area contributed by atoms with Crippen LogP contribution in [0.1, 0.15) is 0 Å². The van der Waals surface area contributed by atoms with Crippen LogP contribution in [0.15, 0.2) is 12.3 Å². The Morgan fingerprint density at radius 2 is 2.14 bits per heavy atom. The van der Waals surface area contributed by atoms with Gasteiger partial charge in [0, 0.05) is 19.4 Å². The molecule has 0 saturated carbocycles. The van der Waals surface area contributed by atoms with E-state index < -0.39 is 7.37 Å². The van der Waals surface area contributed by atoms with Gasteiger partial charge in [-0.25, -0.2) is 4.98 Å². The third-order valence-electron chi connectivity index (χ3n) is 1.40. The number of nitrogens with zero attached hydrogens (tertiary/aromatic N) is 1. The molecule has 1 rings (SSSR count). The molecule has 1 aromatic heterocycles. The van der Waals surface area contributed by atoms with Crippen LogP contribution in [0.4, 0.5) is 5.69 Å². The second kappa shape index (κ2) is 3.88. The number of rotatable bonds is 3. The molecule has 0 radical (unpaired) electrons. The molecule has 0 unspecified atom stereocenters. The molecule has 0 aromatic carbocycles. The van der Waals surface area contributed by atoms with Crippen LogP contribution in [-0.4, -0.2) is 25.4 Å². The van der Waals surface area contributed by atoms with E-state index in [0.717, 1.165) is 0 Å². The van der Waals surface area contributed by atoms with Crippen LogP contribution in [-0.2, 0) is 4.57 Å². The Morgan fingerprint density at radius 3 is 2.64 bits per heavy atom. The average molecular weight is 216 g/mol. The van der Waals surface area contributed by atoms with Crippen LogP contribution in [0.2, 0.25) is 0 Å². The van der Waals surface area contributed by atoms with Crippen LogP contribution in [0.3, 0.4) is 0 Å². The maximum atomic E-state index is 11.3. The van der Waals surface area contributed by atoms with E-state index in [0.29, 0.717) is 11.4 Å². The maximum absolute atomic E-state index is 11.3. The van der Waals surface area contributed by atoms with Gasteiger partial charge in [-0.1, -0.05) is 0 Å². The second-order valence-electron chi connectivity index (χ2n) is 3.11. The Morgan fingerprint density at radius 1 is 1.50 bits per heavy atom. The number of nitrogen functional groups attached to an aromatic ring is 1. The van der Waals surface area contributed by atoms with E-state index in [-0.39, 0.29) is 5.88 Å². The Balaban J connectivity index is 2.96. The van der Waals surface area contributed by atoms with Crippen molar-refractivity contribution in [2.75, 3.05) is 26.2 Å². The van der Waals surface area contributed by atoms with Gasteiger partial charge in [0.05, 0.1) is 19.0 Å². The first kappa shape index (κ1) is 10.9. The van der Waals surface area contributed by atoms with Gasteiger partial charge < -0.3 is 15.0 Å². The molecule has 5 nitrogen and oxygen atoms in total. The Kier molecular flexibility index (Phi) is 3.01. The number of nitrogens with two attached hydrogens (primary N) is 1. The van der Waals surface area contributed by atoms with Gasteiger partial charge in [-0.15, -0.1) is 0 Å². The SMILES string of the molecule is COc1cc(OP(C)(C)=O)ncc1N. The highest BCUT2D eigenvalue weighted by Gasteiger charge is 2.11. The van der Waals surface area contributed by atoms with Crippen LogP contribution in [0.5, 0.6) is 11.6 Å². The van der Waals surface area contributed by atoms with Crippen molar-refractivity contribution in [3.05, 3.63) is 12.3 Å². The maximum Gasteiger partial charge on any atom is 0.243 e. The first-order chi connectivity index (χ1) is 6.42. The zero-order valence-corrected chi connectivity index (χ0v) is 9.25. The fourth-order valence-electron chi connectivity index (χ4n) is 0.881. The summed E-state index contributed by atoms with van der Waals surface area (Å²) in [6, 6.07) is 1.51. The number of anilines is 1. The largest absolute Gasteiger partial charge is 0.494 e. The summed E-state index contributed by atoms with van der Waals surface area (Å²) >= 11 is 0. The molecule has 2 N–H and O–H groups in total. The zero-order chi connectivity index (χ0) is 10.8. The Bertz CT molecular complexity index is 375. The second-order valence-corrected chi connectivity index (χ2v) is 5.79. The molecule has 1 heterocycles. The summed E-state index contributed by atoms with van der Waals surface area (Å²) in [4.78, 5) is 3.87. The quantitative estimate of drug-likeness (QED) is 0.776. The molecule has 78 valence electrons. The molecule has 0 bridgehead atoms. The van der Waals surface area contributed by atoms with E-state index in [1.807, 2.05) is 0 Å². The molecular formula is C8H13N2O3P.